The van der Waals surface area contributed by atoms with Crippen molar-refractivity contribution in [2.24, 2.45) is 0 Å². The standard InChI is InChI=1S/C74H37N5S4/c75-38-55-64(54-24-15-23-50-43-19-4-11-28-60(43)80-71(50)54)70(79-59-27-10-3-18-42(59)49-34-37-53-46-22-7-14-31-63(46)83-74(53)69(49)79)66(78-58-26-9-2-17-41(58)48-33-36-52-45-21-6-13-30-62(45)82-73(52)68(48)78)56(39-76)65(55)77-57-25-8-1-16-40(57)47-32-35-51-44-20-5-12-29-61(44)81-72(51)67(47)77/h1-37H. The molecule has 0 fully saturated rings. The van der Waals surface area contributed by atoms with Crippen LogP contribution in [0.4, 0.5) is 0 Å². The second-order valence-corrected chi connectivity index (χ2v) is 25.8. The van der Waals surface area contributed by atoms with E-state index >= 15 is 0 Å². The van der Waals surface area contributed by atoms with Crippen LogP contribution in [0.3, 0.4) is 0 Å². The summed E-state index contributed by atoms with van der Waals surface area (Å²) in [4.78, 5) is 0. The summed E-state index contributed by atoms with van der Waals surface area (Å²) in [5.41, 5.74) is 10.5. The first-order chi connectivity index (χ1) is 41.1. The molecule has 0 aliphatic rings. The van der Waals surface area contributed by atoms with Gasteiger partial charge < -0.3 is 13.7 Å². The molecule has 0 radical (unpaired) electrons. The van der Waals surface area contributed by atoms with Crippen molar-refractivity contribution < 1.29 is 0 Å². The quantitative estimate of drug-likeness (QED) is 0.176. The molecule has 83 heavy (non-hydrogen) atoms. The summed E-state index contributed by atoms with van der Waals surface area (Å²) in [5.74, 6) is 0. The fourth-order valence-electron chi connectivity index (χ4n) is 14.2. The van der Waals surface area contributed by atoms with E-state index in [9.17, 15) is 10.5 Å². The van der Waals surface area contributed by atoms with Gasteiger partial charge in [-0.15, -0.1) is 45.3 Å². The monoisotopic (exact) mass is 1120 g/mol. The fourth-order valence-corrected chi connectivity index (χ4v) is 19.1. The Labute approximate surface area is 488 Å². The van der Waals surface area contributed by atoms with E-state index in [2.05, 4.69) is 250 Å². The third-order valence-corrected chi connectivity index (χ3v) is 22.3. The van der Waals surface area contributed by atoms with Gasteiger partial charge in [0.2, 0.25) is 0 Å². The Hall–Kier alpha value is -10.1. The van der Waals surface area contributed by atoms with Gasteiger partial charge in [-0.1, -0.05) is 182 Å². The Kier molecular flexibility index (Phi) is 9.20. The molecule has 19 aromatic rings. The van der Waals surface area contributed by atoms with Crippen molar-refractivity contribution in [1.29, 1.82) is 10.5 Å². The zero-order chi connectivity index (χ0) is 54.3. The summed E-state index contributed by atoms with van der Waals surface area (Å²) in [6.07, 6.45) is 0. The highest BCUT2D eigenvalue weighted by Crippen LogP contribution is 2.55. The van der Waals surface area contributed by atoms with Crippen LogP contribution in [0.1, 0.15) is 11.1 Å². The van der Waals surface area contributed by atoms with Crippen LogP contribution in [-0.4, -0.2) is 13.7 Å². The predicted octanol–water partition coefficient (Wildman–Crippen LogP) is 21.9. The molecule has 0 aliphatic heterocycles. The highest BCUT2D eigenvalue weighted by atomic mass is 32.1. The van der Waals surface area contributed by atoms with Crippen molar-refractivity contribution in [3.05, 3.63) is 236 Å². The minimum absolute atomic E-state index is 0.403. The number of rotatable bonds is 4. The van der Waals surface area contributed by atoms with Crippen molar-refractivity contribution in [3.8, 4) is 40.3 Å². The first-order valence-electron chi connectivity index (χ1n) is 27.6. The molecule has 12 aromatic carbocycles. The highest BCUT2D eigenvalue weighted by Gasteiger charge is 2.35. The lowest BCUT2D eigenvalue weighted by Crippen LogP contribution is -2.14. The van der Waals surface area contributed by atoms with E-state index in [-0.39, 0.29) is 0 Å². The number of nitrogens with zero attached hydrogens (tertiary/aromatic N) is 5. The van der Waals surface area contributed by atoms with Crippen molar-refractivity contribution in [3.63, 3.8) is 0 Å². The maximum atomic E-state index is 13.0. The average molecular weight is 1120 g/mol. The SMILES string of the molecule is N#Cc1c(-c2cccc3c2sc2ccccc23)c(-n2c3ccccc3c3ccc4c5ccccc5sc4c32)c(-n2c3ccccc3c3ccc4c5ccccc5sc4c32)c(C#N)c1-n1c2ccccc2c2ccc3c4ccccc4sc3c21. The Bertz CT molecular complexity index is 6230. The number of thiophene rings is 4. The van der Waals surface area contributed by atoms with Gasteiger partial charge in [0.15, 0.2) is 0 Å². The van der Waals surface area contributed by atoms with Gasteiger partial charge in [0.1, 0.15) is 17.7 Å². The highest BCUT2D eigenvalue weighted by molar-refractivity contribution is 7.28. The van der Waals surface area contributed by atoms with E-state index < -0.39 is 0 Å². The molecule has 0 bridgehead atoms. The van der Waals surface area contributed by atoms with Gasteiger partial charge in [-0.2, -0.15) is 10.5 Å². The van der Waals surface area contributed by atoms with E-state index in [1.54, 1.807) is 45.3 Å². The number of nitriles is 2. The summed E-state index contributed by atoms with van der Waals surface area (Å²) in [7, 11) is 0. The maximum Gasteiger partial charge on any atom is 0.104 e. The summed E-state index contributed by atoms with van der Waals surface area (Å²) >= 11 is 7.14. The second kappa shape index (κ2) is 16.7. The summed E-state index contributed by atoms with van der Waals surface area (Å²) in [5, 5.41) is 41.7. The molecule has 7 aromatic heterocycles. The van der Waals surface area contributed by atoms with Gasteiger partial charge in [0, 0.05) is 110 Å². The first-order valence-corrected chi connectivity index (χ1v) is 30.9. The van der Waals surface area contributed by atoms with Crippen LogP contribution < -0.4 is 0 Å². The van der Waals surface area contributed by atoms with Crippen LogP contribution in [0.5, 0.6) is 0 Å². The average Bonchev–Trinajstić information content (AvgIpc) is 1.77. The number of hydrogen-bond acceptors (Lipinski definition) is 6. The van der Waals surface area contributed by atoms with Crippen LogP contribution in [0.25, 0.3) is 174 Å². The van der Waals surface area contributed by atoms with Gasteiger partial charge in [-0.05, 0) is 42.5 Å². The molecule has 0 N–H and O–H groups in total. The molecular formula is C74H37N5S4. The Morgan fingerprint density at radius 3 is 0.976 bits per heavy atom. The number of aromatic nitrogens is 3. The van der Waals surface area contributed by atoms with E-state index in [1.165, 1.54) is 30.3 Å². The van der Waals surface area contributed by atoms with Gasteiger partial charge in [-0.3, -0.25) is 0 Å². The van der Waals surface area contributed by atoms with Gasteiger partial charge in [0.05, 0.1) is 69.8 Å². The molecule has 7 heterocycles. The van der Waals surface area contributed by atoms with Crippen molar-refractivity contribution in [1.82, 2.24) is 13.7 Å². The Morgan fingerprint density at radius 2 is 0.566 bits per heavy atom. The fraction of sp³-hybridized carbons (Fsp3) is 0. The third-order valence-electron chi connectivity index (χ3n) is 17.5. The molecule has 0 saturated heterocycles. The molecular weight excluding hydrogens is 1090 g/mol. The second-order valence-electron chi connectivity index (χ2n) is 21.5. The van der Waals surface area contributed by atoms with Crippen molar-refractivity contribution in [2.45, 2.75) is 0 Å². The van der Waals surface area contributed by atoms with Crippen LogP contribution in [0.15, 0.2) is 224 Å². The molecule has 0 aliphatic carbocycles. The topological polar surface area (TPSA) is 62.4 Å². The van der Waals surface area contributed by atoms with E-state index in [4.69, 9.17) is 0 Å². The third kappa shape index (κ3) is 5.91. The summed E-state index contributed by atoms with van der Waals surface area (Å²) in [6.45, 7) is 0. The largest absolute Gasteiger partial charge is 0.305 e. The lowest BCUT2D eigenvalue weighted by Gasteiger charge is -2.26. The van der Waals surface area contributed by atoms with Crippen LogP contribution in [0.2, 0.25) is 0 Å². The van der Waals surface area contributed by atoms with Crippen molar-refractivity contribution >= 4 is 191 Å². The van der Waals surface area contributed by atoms with E-state index in [0.29, 0.717) is 22.5 Å². The molecule has 5 nitrogen and oxygen atoms in total. The summed E-state index contributed by atoms with van der Waals surface area (Å²) < 4.78 is 16.4. The maximum absolute atomic E-state index is 13.0. The van der Waals surface area contributed by atoms with Crippen molar-refractivity contribution in [2.75, 3.05) is 0 Å². The molecule has 19 rings (SSSR count). The number of benzene rings is 12. The number of hydrogen-bond donors (Lipinski definition) is 0. The van der Waals surface area contributed by atoms with Gasteiger partial charge >= 0.3 is 0 Å². The Morgan fingerprint density at radius 1 is 0.253 bits per heavy atom. The smallest absolute Gasteiger partial charge is 0.104 e. The van der Waals surface area contributed by atoms with Crippen LogP contribution >= 0.6 is 45.3 Å². The van der Waals surface area contributed by atoms with E-state index in [0.717, 1.165) is 133 Å². The molecule has 0 unspecified atom stereocenters. The zero-order valence-corrected chi connectivity index (χ0v) is 47.0. The molecule has 0 amide bonds. The molecule has 9 heteroatoms. The first kappa shape index (κ1) is 45.6. The minimum atomic E-state index is 0.403. The van der Waals surface area contributed by atoms with Gasteiger partial charge in [0.25, 0.3) is 0 Å². The predicted molar refractivity (Wildman–Crippen MR) is 356 cm³/mol. The normalized spacial score (nSPS) is 12.3. The zero-order valence-electron chi connectivity index (χ0n) is 43.7. The molecule has 0 saturated carbocycles. The number of para-hydroxylation sites is 3. The van der Waals surface area contributed by atoms with Gasteiger partial charge in [-0.25, -0.2) is 0 Å². The minimum Gasteiger partial charge on any atom is -0.305 e. The van der Waals surface area contributed by atoms with Crippen LogP contribution in [-0.2, 0) is 0 Å². The van der Waals surface area contributed by atoms with Crippen LogP contribution in [0, 0.1) is 22.7 Å². The molecule has 382 valence electrons. The van der Waals surface area contributed by atoms with E-state index in [1.807, 2.05) is 0 Å². The lowest BCUT2D eigenvalue weighted by molar-refractivity contribution is 1.07. The summed E-state index contributed by atoms with van der Waals surface area (Å²) in [6, 6.07) is 87.0. The molecule has 0 atom stereocenters. The Balaban J connectivity index is 1.15. The lowest BCUT2D eigenvalue weighted by atomic mass is 9.90. The number of fused-ring (bicyclic) bond motifs is 24. The molecule has 0 spiro atoms.